The summed E-state index contributed by atoms with van der Waals surface area (Å²) in [7, 11) is 1.50. The minimum Gasteiger partial charge on any atom is -0.493 e. The molecule has 0 spiro atoms. The third kappa shape index (κ3) is 2.91. The summed E-state index contributed by atoms with van der Waals surface area (Å²) in [4.78, 5) is 23.5. The Kier molecular flexibility index (Phi) is 4.14. The van der Waals surface area contributed by atoms with Crippen LogP contribution in [-0.4, -0.2) is 18.9 Å². The van der Waals surface area contributed by atoms with E-state index < -0.39 is 17.6 Å². The van der Waals surface area contributed by atoms with Crippen LogP contribution in [-0.2, 0) is 0 Å². The van der Waals surface area contributed by atoms with Gasteiger partial charge in [-0.3, -0.25) is 9.59 Å². The lowest BCUT2D eigenvalue weighted by Gasteiger charge is -2.06. The Morgan fingerprint density at radius 2 is 2.00 bits per heavy atom. The standard InChI is InChI=1S/C18H15FN2O4/c1-9-11-4-3-5-14(24-2)16(11)25-15(9)18(23)21-13-7-6-10(17(20)22)8-12(13)19/h3-8H,1-2H3,(H2,20,22)(H,21,23). The maximum atomic E-state index is 14.0. The summed E-state index contributed by atoms with van der Waals surface area (Å²) >= 11 is 0. The van der Waals surface area contributed by atoms with Crippen molar-refractivity contribution in [3.63, 3.8) is 0 Å². The summed E-state index contributed by atoms with van der Waals surface area (Å²) < 4.78 is 24.9. The Bertz CT molecular complexity index is 994. The van der Waals surface area contributed by atoms with Crippen LogP contribution < -0.4 is 15.8 Å². The zero-order chi connectivity index (χ0) is 18.1. The molecule has 25 heavy (non-hydrogen) atoms. The first kappa shape index (κ1) is 16.5. The average molecular weight is 342 g/mol. The number of para-hydroxylation sites is 1. The fourth-order valence-corrected chi connectivity index (χ4v) is 2.54. The second-order valence-corrected chi connectivity index (χ2v) is 5.41. The van der Waals surface area contributed by atoms with E-state index in [0.717, 1.165) is 11.5 Å². The largest absolute Gasteiger partial charge is 0.493 e. The average Bonchev–Trinajstić information content (AvgIpc) is 2.93. The SMILES string of the molecule is COc1cccc2c(C)c(C(=O)Nc3ccc(C(N)=O)cc3F)oc12. The molecule has 3 N–H and O–H groups in total. The number of primary amides is 1. The normalized spacial score (nSPS) is 10.7. The number of benzene rings is 2. The highest BCUT2D eigenvalue weighted by molar-refractivity contribution is 6.07. The molecule has 1 heterocycles. The molecule has 0 atom stereocenters. The van der Waals surface area contributed by atoms with Crippen molar-refractivity contribution in [3.05, 3.63) is 59.1 Å². The van der Waals surface area contributed by atoms with Crippen LogP contribution in [0.4, 0.5) is 10.1 Å². The molecule has 0 unspecified atom stereocenters. The highest BCUT2D eigenvalue weighted by atomic mass is 19.1. The Hall–Kier alpha value is -3.35. The zero-order valence-corrected chi connectivity index (χ0v) is 13.6. The lowest BCUT2D eigenvalue weighted by molar-refractivity contribution is 0.0992. The fraction of sp³-hybridized carbons (Fsp3) is 0.111. The van der Waals surface area contributed by atoms with E-state index in [1.807, 2.05) is 0 Å². The van der Waals surface area contributed by atoms with Crippen molar-refractivity contribution in [2.45, 2.75) is 6.92 Å². The summed E-state index contributed by atoms with van der Waals surface area (Å²) in [6, 6.07) is 8.87. The van der Waals surface area contributed by atoms with E-state index in [1.54, 1.807) is 25.1 Å². The molecule has 0 saturated carbocycles. The molecule has 7 heteroatoms. The topological polar surface area (TPSA) is 94.6 Å². The molecule has 0 aliphatic heterocycles. The zero-order valence-electron chi connectivity index (χ0n) is 13.6. The first-order chi connectivity index (χ1) is 11.9. The first-order valence-electron chi connectivity index (χ1n) is 7.39. The molecule has 0 aliphatic carbocycles. The number of amides is 2. The van der Waals surface area contributed by atoms with Crippen molar-refractivity contribution in [1.82, 2.24) is 0 Å². The number of hydrogen-bond acceptors (Lipinski definition) is 4. The molecular formula is C18H15FN2O4. The van der Waals surface area contributed by atoms with Crippen molar-refractivity contribution in [2.75, 3.05) is 12.4 Å². The van der Waals surface area contributed by atoms with E-state index in [4.69, 9.17) is 14.9 Å². The number of furan rings is 1. The van der Waals surface area contributed by atoms with Gasteiger partial charge < -0.3 is 20.2 Å². The predicted octanol–water partition coefficient (Wildman–Crippen LogP) is 3.24. The van der Waals surface area contributed by atoms with Gasteiger partial charge in [-0.05, 0) is 31.2 Å². The van der Waals surface area contributed by atoms with Gasteiger partial charge in [0.05, 0.1) is 12.8 Å². The number of carbonyl (C=O) groups is 2. The van der Waals surface area contributed by atoms with E-state index in [9.17, 15) is 14.0 Å². The van der Waals surface area contributed by atoms with Crippen molar-refractivity contribution < 1.29 is 23.1 Å². The van der Waals surface area contributed by atoms with E-state index in [2.05, 4.69) is 5.32 Å². The number of hydrogen-bond donors (Lipinski definition) is 2. The number of aryl methyl sites for hydroxylation is 1. The van der Waals surface area contributed by atoms with Crippen molar-refractivity contribution >= 4 is 28.5 Å². The van der Waals surface area contributed by atoms with E-state index in [0.29, 0.717) is 16.9 Å². The predicted molar refractivity (Wildman–Crippen MR) is 90.4 cm³/mol. The highest BCUT2D eigenvalue weighted by Gasteiger charge is 2.21. The van der Waals surface area contributed by atoms with Gasteiger partial charge in [-0.1, -0.05) is 12.1 Å². The quantitative estimate of drug-likeness (QED) is 0.761. The molecule has 0 aliphatic rings. The monoisotopic (exact) mass is 342 g/mol. The molecule has 2 aromatic carbocycles. The number of rotatable bonds is 4. The molecule has 0 radical (unpaired) electrons. The first-order valence-corrected chi connectivity index (χ1v) is 7.39. The lowest BCUT2D eigenvalue weighted by Crippen LogP contribution is -2.15. The Balaban J connectivity index is 1.95. The van der Waals surface area contributed by atoms with E-state index >= 15 is 0 Å². The van der Waals surface area contributed by atoms with Crippen molar-refractivity contribution in [1.29, 1.82) is 0 Å². The van der Waals surface area contributed by atoms with Gasteiger partial charge in [-0.25, -0.2) is 4.39 Å². The van der Waals surface area contributed by atoms with Crippen LogP contribution in [0, 0.1) is 12.7 Å². The van der Waals surface area contributed by atoms with Crippen LogP contribution in [0.1, 0.15) is 26.5 Å². The second kappa shape index (κ2) is 6.27. The molecule has 6 nitrogen and oxygen atoms in total. The van der Waals surface area contributed by atoms with Crippen LogP contribution >= 0.6 is 0 Å². The third-order valence-electron chi connectivity index (χ3n) is 3.86. The summed E-state index contributed by atoms with van der Waals surface area (Å²) in [5, 5.41) is 3.16. The summed E-state index contributed by atoms with van der Waals surface area (Å²) in [6.07, 6.45) is 0. The molecule has 2 amide bonds. The minimum atomic E-state index is -0.768. The number of nitrogens with two attached hydrogens (primary N) is 1. The number of nitrogens with one attached hydrogen (secondary N) is 1. The van der Waals surface area contributed by atoms with Gasteiger partial charge in [0.1, 0.15) is 5.82 Å². The maximum absolute atomic E-state index is 14.0. The van der Waals surface area contributed by atoms with Gasteiger partial charge in [0.25, 0.3) is 5.91 Å². The summed E-state index contributed by atoms with van der Waals surface area (Å²) in [5.74, 6) is -1.58. The van der Waals surface area contributed by atoms with E-state index in [1.165, 1.54) is 19.2 Å². The summed E-state index contributed by atoms with van der Waals surface area (Å²) in [5.41, 5.74) is 6.08. The van der Waals surface area contributed by atoms with Crippen LogP contribution in [0.25, 0.3) is 11.0 Å². The van der Waals surface area contributed by atoms with Crippen molar-refractivity contribution in [2.24, 2.45) is 5.73 Å². The summed E-state index contributed by atoms with van der Waals surface area (Å²) in [6.45, 7) is 1.73. The van der Waals surface area contributed by atoms with Gasteiger partial charge in [-0.2, -0.15) is 0 Å². The third-order valence-corrected chi connectivity index (χ3v) is 3.86. The molecule has 1 aromatic heterocycles. The van der Waals surface area contributed by atoms with Crippen LogP contribution in [0.5, 0.6) is 5.75 Å². The van der Waals surface area contributed by atoms with Gasteiger partial charge in [-0.15, -0.1) is 0 Å². The molecule has 0 fully saturated rings. The van der Waals surface area contributed by atoms with Crippen LogP contribution in [0.3, 0.4) is 0 Å². The number of methoxy groups -OCH3 is 1. The van der Waals surface area contributed by atoms with Gasteiger partial charge in [0.15, 0.2) is 17.1 Å². The van der Waals surface area contributed by atoms with E-state index in [-0.39, 0.29) is 17.0 Å². The Labute approximate surface area is 142 Å². The second-order valence-electron chi connectivity index (χ2n) is 5.41. The fourth-order valence-electron chi connectivity index (χ4n) is 2.54. The molecule has 3 rings (SSSR count). The number of fused-ring (bicyclic) bond motifs is 1. The highest BCUT2D eigenvalue weighted by Crippen LogP contribution is 2.32. The van der Waals surface area contributed by atoms with Gasteiger partial charge in [0.2, 0.25) is 5.91 Å². The molecule has 0 bridgehead atoms. The molecule has 128 valence electrons. The van der Waals surface area contributed by atoms with Crippen molar-refractivity contribution in [3.8, 4) is 5.75 Å². The van der Waals surface area contributed by atoms with Gasteiger partial charge >= 0.3 is 0 Å². The number of carbonyl (C=O) groups excluding carboxylic acids is 2. The maximum Gasteiger partial charge on any atom is 0.291 e. The smallest absolute Gasteiger partial charge is 0.291 e. The molecule has 3 aromatic rings. The number of halogens is 1. The van der Waals surface area contributed by atoms with Gasteiger partial charge in [0, 0.05) is 16.5 Å². The Morgan fingerprint density at radius 3 is 2.64 bits per heavy atom. The van der Waals surface area contributed by atoms with Crippen LogP contribution in [0.15, 0.2) is 40.8 Å². The number of ether oxygens (including phenoxy) is 1. The molecular weight excluding hydrogens is 327 g/mol. The van der Waals surface area contributed by atoms with Crippen LogP contribution in [0.2, 0.25) is 0 Å². The molecule has 0 saturated heterocycles. The number of anilines is 1. The lowest BCUT2D eigenvalue weighted by atomic mass is 10.1. The Morgan fingerprint density at radius 1 is 1.24 bits per heavy atom. The minimum absolute atomic E-state index is 0.0140.